The van der Waals surface area contributed by atoms with E-state index in [9.17, 15) is 0 Å². The molecule has 12 rings (SSSR count). The van der Waals surface area contributed by atoms with Crippen molar-refractivity contribution in [3.63, 3.8) is 0 Å². The van der Waals surface area contributed by atoms with Gasteiger partial charge in [-0.3, -0.25) is 0 Å². The maximum atomic E-state index is 6.83. The Morgan fingerprint density at radius 3 is 2.10 bits per heavy atom. The van der Waals surface area contributed by atoms with E-state index >= 15 is 0 Å². The second kappa shape index (κ2) is 10.2. The number of aromatic nitrogens is 1. The van der Waals surface area contributed by atoms with Gasteiger partial charge in [0.05, 0.1) is 21.8 Å². The number of fused-ring (bicyclic) bond motifs is 16. The largest absolute Gasteiger partial charge is 0.455 e. The van der Waals surface area contributed by atoms with Gasteiger partial charge in [-0.2, -0.15) is 0 Å². The molecule has 0 radical (unpaired) electrons. The Hall–Kier alpha value is -6.58. The predicted molar refractivity (Wildman–Crippen MR) is 215 cm³/mol. The molecular formula is C49H32N2O. The molecule has 3 aliphatic rings. The number of benzene rings is 7. The van der Waals surface area contributed by atoms with Gasteiger partial charge in [-0.25, -0.2) is 0 Å². The molecule has 3 nitrogen and oxygen atoms in total. The van der Waals surface area contributed by atoms with Crippen LogP contribution in [-0.2, 0) is 5.41 Å². The smallest absolute Gasteiger partial charge is 0.145 e. The van der Waals surface area contributed by atoms with Crippen molar-refractivity contribution in [1.29, 1.82) is 0 Å². The Bertz CT molecular complexity index is 2960. The Balaban J connectivity index is 1.27. The maximum Gasteiger partial charge on any atom is 0.145 e. The maximum absolute atomic E-state index is 6.83. The molecule has 0 amide bonds. The Labute approximate surface area is 301 Å². The number of hydrogen-bond donors (Lipinski definition) is 0. The van der Waals surface area contributed by atoms with Crippen molar-refractivity contribution >= 4 is 66.5 Å². The molecule has 3 heteroatoms. The molecule has 0 saturated carbocycles. The molecule has 0 N–H and O–H groups in total. The highest BCUT2D eigenvalue weighted by molar-refractivity contribution is 6.26. The van der Waals surface area contributed by atoms with Crippen molar-refractivity contribution in [3.8, 4) is 11.1 Å². The van der Waals surface area contributed by atoms with Gasteiger partial charge in [0.2, 0.25) is 0 Å². The lowest BCUT2D eigenvalue weighted by Crippen LogP contribution is -2.41. The minimum absolute atomic E-state index is 0.166. The number of hydrogen-bond acceptors (Lipinski definition) is 2. The summed E-state index contributed by atoms with van der Waals surface area (Å²) < 4.78 is 9.40. The van der Waals surface area contributed by atoms with Gasteiger partial charge in [0, 0.05) is 44.8 Å². The first kappa shape index (κ1) is 28.2. The van der Waals surface area contributed by atoms with Crippen LogP contribution < -0.4 is 4.90 Å². The van der Waals surface area contributed by atoms with Crippen molar-refractivity contribution in [3.05, 3.63) is 193 Å². The van der Waals surface area contributed by atoms with Crippen LogP contribution in [-0.4, -0.2) is 4.57 Å². The Morgan fingerprint density at radius 1 is 0.577 bits per heavy atom. The summed E-state index contributed by atoms with van der Waals surface area (Å²) in [7, 11) is 0. The van der Waals surface area contributed by atoms with Crippen LogP contribution in [0.1, 0.15) is 23.1 Å². The van der Waals surface area contributed by atoms with Crippen LogP contribution in [0.15, 0.2) is 180 Å². The molecule has 0 fully saturated rings. The molecule has 7 aromatic carbocycles. The molecule has 2 aliphatic carbocycles. The van der Waals surface area contributed by atoms with Gasteiger partial charge in [0.25, 0.3) is 0 Å². The molecule has 244 valence electrons. The molecule has 52 heavy (non-hydrogen) atoms. The van der Waals surface area contributed by atoms with E-state index in [4.69, 9.17) is 4.42 Å². The lowest BCUT2D eigenvalue weighted by molar-refractivity contribution is 0.451. The standard InChI is InChI=1S/C49H32N2O/c1-3-15-31(16-4-1)50(32-17-5-2-6-18-32)33-27-28-35-34-19-7-10-22-39(34)49(41(35)29-33)40-23-11-13-25-44(40)51-43-24-12-8-21-37(43)46-47(51)42(49)30-38-36-20-9-14-26-45(36)52-48(38)46/h1-22,24-30,40H,23H2. The Morgan fingerprint density at radius 2 is 1.27 bits per heavy atom. The van der Waals surface area contributed by atoms with Gasteiger partial charge in [-0.1, -0.05) is 115 Å². The van der Waals surface area contributed by atoms with E-state index in [-0.39, 0.29) is 5.92 Å². The number of rotatable bonds is 3. The molecule has 1 spiro atoms. The summed E-state index contributed by atoms with van der Waals surface area (Å²) in [5.74, 6) is 0.166. The number of para-hydroxylation sites is 4. The van der Waals surface area contributed by atoms with Crippen molar-refractivity contribution in [2.45, 2.75) is 11.8 Å². The summed E-state index contributed by atoms with van der Waals surface area (Å²) in [5.41, 5.74) is 15.4. The average Bonchev–Trinajstić information content (AvgIpc) is 3.85. The minimum atomic E-state index is -0.452. The van der Waals surface area contributed by atoms with Crippen molar-refractivity contribution in [2.75, 3.05) is 4.90 Å². The number of allylic oxidation sites excluding steroid dienone is 4. The highest BCUT2D eigenvalue weighted by atomic mass is 16.3. The molecule has 2 unspecified atom stereocenters. The summed E-state index contributed by atoms with van der Waals surface area (Å²) in [4.78, 5) is 2.40. The summed E-state index contributed by atoms with van der Waals surface area (Å²) in [6, 6.07) is 57.8. The topological polar surface area (TPSA) is 21.3 Å². The predicted octanol–water partition coefficient (Wildman–Crippen LogP) is 12.9. The van der Waals surface area contributed by atoms with E-state index in [1.165, 1.54) is 60.7 Å². The summed E-state index contributed by atoms with van der Waals surface area (Å²) in [6.07, 6.45) is 7.94. The molecule has 1 aliphatic heterocycles. The van der Waals surface area contributed by atoms with Gasteiger partial charge in [-0.15, -0.1) is 0 Å². The van der Waals surface area contributed by atoms with E-state index in [1.54, 1.807) is 0 Å². The van der Waals surface area contributed by atoms with Crippen LogP contribution in [0.5, 0.6) is 0 Å². The molecule has 0 bridgehead atoms. The quantitative estimate of drug-likeness (QED) is 0.187. The van der Waals surface area contributed by atoms with Crippen molar-refractivity contribution in [2.24, 2.45) is 5.92 Å². The first-order valence-electron chi connectivity index (χ1n) is 18.2. The fourth-order valence-electron chi connectivity index (χ4n) is 10.0. The minimum Gasteiger partial charge on any atom is -0.455 e. The third kappa shape index (κ3) is 3.45. The van der Waals surface area contributed by atoms with E-state index in [1.807, 2.05) is 0 Å². The fraction of sp³-hybridized carbons (Fsp3) is 0.0612. The molecular weight excluding hydrogens is 633 g/mol. The molecule has 0 saturated heterocycles. The SMILES string of the molecule is C1=CCC2C(=C1)n1c3ccccc3c3c4oc5ccccc5c4cc(c31)C21c2ccccc2-c2ccc(N(c3ccccc3)c3ccccc3)cc21. The van der Waals surface area contributed by atoms with Crippen molar-refractivity contribution < 1.29 is 4.42 Å². The van der Waals surface area contributed by atoms with Gasteiger partial charge < -0.3 is 13.9 Å². The molecule has 2 atom stereocenters. The van der Waals surface area contributed by atoms with Gasteiger partial charge in [0.15, 0.2) is 0 Å². The molecule has 9 aromatic rings. The highest BCUT2D eigenvalue weighted by Crippen LogP contribution is 2.65. The van der Waals surface area contributed by atoms with Gasteiger partial charge in [0.1, 0.15) is 11.2 Å². The third-order valence-corrected chi connectivity index (χ3v) is 12.0. The second-order valence-electron chi connectivity index (χ2n) is 14.4. The van der Waals surface area contributed by atoms with Crippen molar-refractivity contribution in [1.82, 2.24) is 4.57 Å². The van der Waals surface area contributed by atoms with E-state index in [2.05, 4.69) is 185 Å². The zero-order valence-corrected chi connectivity index (χ0v) is 28.3. The highest BCUT2D eigenvalue weighted by Gasteiger charge is 2.55. The summed E-state index contributed by atoms with van der Waals surface area (Å²) in [5, 5.41) is 4.77. The average molecular weight is 665 g/mol. The van der Waals surface area contributed by atoms with E-state index in [0.29, 0.717) is 0 Å². The number of furan rings is 1. The number of nitrogens with zero attached hydrogens (tertiary/aromatic N) is 2. The first-order valence-corrected chi connectivity index (χ1v) is 18.2. The second-order valence-corrected chi connectivity index (χ2v) is 14.4. The van der Waals surface area contributed by atoms with Crippen LogP contribution in [0.4, 0.5) is 17.1 Å². The van der Waals surface area contributed by atoms with Crippen LogP contribution >= 0.6 is 0 Å². The zero-order chi connectivity index (χ0) is 34.0. The summed E-state index contributed by atoms with van der Waals surface area (Å²) in [6.45, 7) is 0. The van der Waals surface area contributed by atoms with Gasteiger partial charge in [-0.05, 0) is 94.9 Å². The lowest BCUT2D eigenvalue weighted by Gasteiger charge is -2.46. The molecule has 3 heterocycles. The zero-order valence-electron chi connectivity index (χ0n) is 28.3. The fourth-order valence-corrected chi connectivity index (χ4v) is 10.0. The van der Waals surface area contributed by atoms with E-state index < -0.39 is 5.41 Å². The molecule has 2 aromatic heterocycles. The summed E-state index contributed by atoms with van der Waals surface area (Å²) >= 11 is 0. The van der Waals surface area contributed by atoms with Crippen LogP contribution in [0, 0.1) is 5.92 Å². The monoisotopic (exact) mass is 664 g/mol. The van der Waals surface area contributed by atoms with E-state index in [0.717, 1.165) is 40.0 Å². The number of anilines is 3. The van der Waals surface area contributed by atoms with Crippen LogP contribution in [0.2, 0.25) is 0 Å². The van der Waals surface area contributed by atoms with Crippen LogP contribution in [0.25, 0.3) is 60.6 Å². The normalized spacial score (nSPS) is 18.2. The third-order valence-electron chi connectivity index (χ3n) is 12.0. The lowest BCUT2D eigenvalue weighted by atomic mass is 9.59. The van der Waals surface area contributed by atoms with Crippen LogP contribution in [0.3, 0.4) is 0 Å². The first-order chi connectivity index (χ1) is 25.8. The Kier molecular flexibility index (Phi) is 5.55. The van der Waals surface area contributed by atoms with Gasteiger partial charge >= 0.3 is 0 Å².